The summed E-state index contributed by atoms with van der Waals surface area (Å²) in [5.74, 6) is 0.777. The molecule has 7 heteroatoms. The highest BCUT2D eigenvalue weighted by Gasteiger charge is 2.35. The average Bonchev–Trinajstić information content (AvgIpc) is 2.90. The lowest BCUT2D eigenvalue weighted by Gasteiger charge is -2.36. The predicted octanol–water partition coefficient (Wildman–Crippen LogP) is 4.96. The fourth-order valence-corrected chi connectivity index (χ4v) is 5.31. The zero-order chi connectivity index (χ0) is 18.5. The summed E-state index contributed by atoms with van der Waals surface area (Å²) < 4.78 is 8.84. The first-order valence-corrected chi connectivity index (χ1v) is 10.5. The summed E-state index contributed by atoms with van der Waals surface area (Å²) in [7, 11) is 0. The number of aliphatic imine (C=N–C) groups is 1. The Kier molecular flexibility index (Phi) is 4.65. The summed E-state index contributed by atoms with van der Waals surface area (Å²) >= 11 is 5.17. The minimum absolute atomic E-state index is 0.0435. The Labute approximate surface area is 165 Å². The molecule has 2 aliphatic heterocycles. The fourth-order valence-electron chi connectivity index (χ4n) is 3.80. The van der Waals surface area contributed by atoms with Gasteiger partial charge in [-0.1, -0.05) is 39.8 Å². The van der Waals surface area contributed by atoms with Gasteiger partial charge < -0.3 is 4.74 Å². The zero-order valence-corrected chi connectivity index (χ0v) is 17.5. The van der Waals surface area contributed by atoms with Gasteiger partial charge in [0.1, 0.15) is 0 Å². The first kappa shape index (κ1) is 18.1. The van der Waals surface area contributed by atoms with Crippen LogP contribution in [0.1, 0.15) is 56.0 Å². The van der Waals surface area contributed by atoms with Crippen LogP contribution in [0.3, 0.4) is 0 Å². The van der Waals surface area contributed by atoms with Crippen LogP contribution < -0.4 is 5.56 Å². The quantitative estimate of drug-likeness (QED) is 0.725. The number of aromatic amines is 1. The number of hydrogen-bond donors (Lipinski definition) is 1. The molecule has 26 heavy (non-hydrogen) atoms. The van der Waals surface area contributed by atoms with Gasteiger partial charge in [0.05, 0.1) is 27.5 Å². The SMILES string of the molecule is CC1=Nc2c(c(=O)[nH]n2[C@H]2CCOC(C)(C)C2)[C@H](c2cccc(Br)c2)S1. The maximum absolute atomic E-state index is 12.9. The number of nitrogens with one attached hydrogen (secondary N) is 1. The average molecular weight is 436 g/mol. The van der Waals surface area contributed by atoms with E-state index >= 15 is 0 Å². The largest absolute Gasteiger partial charge is 0.375 e. The standard InChI is InChI=1S/C19H22BrN3O2S/c1-11-21-17-15(16(26-11)12-5-4-6-13(20)9-12)18(24)22-23(17)14-7-8-25-19(2,3)10-14/h4-6,9,14,16H,7-8,10H2,1-3H3,(H,22,24)/t14-,16-/m0/s1. The molecule has 0 bridgehead atoms. The molecule has 2 aliphatic rings. The number of hydrogen-bond acceptors (Lipinski definition) is 4. The molecular weight excluding hydrogens is 414 g/mol. The monoisotopic (exact) mass is 435 g/mol. The van der Waals surface area contributed by atoms with Gasteiger partial charge in [0.2, 0.25) is 0 Å². The van der Waals surface area contributed by atoms with Gasteiger partial charge in [-0.25, -0.2) is 4.99 Å². The maximum Gasteiger partial charge on any atom is 0.271 e. The molecule has 1 saturated heterocycles. The van der Waals surface area contributed by atoms with E-state index in [1.807, 2.05) is 23.7 Å². The van der Waals surface area contributed by atoms with Crippen molar-refractivity contribution in [2.45, 2.75) is 50.5 Å². The molecule has 1 N–H and O–H groups in total. The maximum atomic E-state index is 12.9. The Balaban J connectivity index is 1.80. The van der Waals surface area contributed by atoms with E-state index in [0.29, 0.717) is 6.61 Å². The van der Waals surface area contributed by atoms with Gasteiger partial charge in [0.25, 0.3) is 5.56 Å². The van der Waals surface area contributed by atoms with E-state index in [0.717, 1.165) is 39.3 Å². The van der Waals surface area contributed by atoms with E-state index in [9.17, 15) is 4.79 Å². The minimum Gasteiger partial charge on any atom is -0.375 e. The van der Waals surface area contributed by atoms with Gasteiger partial charge >= 0.3 is 0 Å². The number of nitrogens with zero attached hydrogens (tertiary/aromatic N) is 2. The molecule has 0 amide bonds. The molecule has 138 valence electrons. The van der Waals surface area contributed by atoms with Crippen LogP contribution in [0.25, 0.3) is 0 Å². The summed E-state index contributed by atoms with van der Waals surface area (Å²) in [6.45, 7) is 6.90. The number of benzene rings is 1. The number of ether oxygens (including phenoxy) is 1. The lowest BCUT2D eigenvalue weighted by Crippen LogP contribution is -2.35. The first-order valence-electron chi connectivity index (χ1n) is 8.80. The third-order valence-corrected chi connectivity index (χ3v) is 6.61. The molecular formula is C19H22BrN3O2S. The van der Waals surface area contributed by atoms with E-state index in [1.54, 1.807) is 11.8 Å². The summed E-state index contributed by atoms with van der Waals surface area (Å²) in [6, 6.07) is 8.34. The smallest absolute Gasteiger partial charge is 0.271 e. The van der Waals surface area contributed by atoms with Crippen molar-refractivity contribution in [3.63, 3.8) is 0 Å². The van der Waals surface area contributed by atoms with Crippen LogP contribution >= 0.6 is 27.7 Å². The molecule has 0 unspecified atom stereocenters. The Bertz CT molecular complexity index is 931. The molecule has 4 rings (SSSR count). The van der Waals surface area contributed by atoms with Crippen molar-refractivity contribution < 1.29 is 4.74 Å². The molecule has 5 nitrogen and oxygen atoms in total. The first-order chi connectivity index (χ1) is 12.3. The van der Waals surface area contributed by atoms with Gasteiger partial charge in [-0.05, 0) is 51.3 Å². The van der Waals surface area contributed by atoms with Gasteiger partial charge in [-0.3, -0.25) is 14.6 Å². The van der Waals surface area contributed by atoms with E-state index < -0.39 is 0 Å². The van der Waals surface area contributed by atoms with Crippen molar-refractivity contribution in [1.29, 1.82) is 0 Å². The van der Waals surface area contributed by atoms with Crippen LogP contribution in [-0.4, -0.2) is 27.0 Å². The van der Waals surface area contributed by atoms with Crippen molar-refractivity contribution in [3.05, 3.63) is 50.2 Å². The number of fused-ring (bicyclic) bond motifs is 1. The number of H-pyrrole nitrogens is 1. The number of halogens is 1. The van der Waals surface area contributed by atoms with Crippen LogP contribution in [0.2, 0.25) is 0 Å². The highest BCUT2D eigenvalue weighted by atomic mass is 79.9. The summed E-state index contributed by atoms with van der Waals surface area (Å²) in [5.41, 5.74) is 1.62. The third-order valence-electron chi connectivity index (χ3n) is 4.94. The minimum atomic E-state index is -0.192. The summed E-state index contributed by atoms with van der Waals surface area (Å²) in [5, 5.41) is 4.00. The molecule has 0 spiro atoms. The second kappa shape index (κ2) is 6.69. The predicted molar refractivity (Wildman–Crippen MR) is 110 cm³/mol. The van der Waals surface area contributed by atoms with Crippen molar-refractivity contribution in [2.75, 3.05) is 6.61 Å². The Morgan fingerprint density at radius 3 is 2.96 bits per heavy atom. The molecule has 2 atom stereocenters. The Morgan fingerprint density at radius 1 is 1.42 bits per heavy atom. The highest BCUT2D eigenvalue weighted by Crippen LogP contribution is 2.45. The van der Waals surface area contributed by atoms with Crippen molar-refractivity contribution >= 4 is 38.6 Å². The van der Waals surface area contributed by atoms with Crippen LogP contribution in [0, 0.1) is 0 Å². The lowest BCUT2D eigenvalue weighted by molar-refractivity contribution is -0.0705. The second-order valence-corrected chi connectivity index (χ2v) is 9.70. The van der Waals surface area contributed by atoms with E-state index in [4.69, 9.17) is 9.73 Å². The lowest BCUT2D eigenvalue weighted by atomic mass is 9.94. The van der Waals surface area contributed by atoms with E-state index in [-0.39, 0.29) is 22.5 Å². The van der Waals surface area contributed by atoms with E-state index in [1.165, 1.54) is 0 Å². The van der Waals surface area contributed by atoms with Gasteiger partial charge in [-0.15, -0.1) is 0 Å². The molecule has 0 saturated carbocycles. The van der Waals surface area contributed by atoms with Crippen LogP contribution in [-0.2, 0) is 4.74 Å². The van der Waals surface area contributed by atoms with Gasteiger partial charge in [-0.2, -0.15) is 0 Å². The molecule has 3 heterocycles. The molecule has 0 radical (unpaired) electrons. The third kappa shape index (κ3) is 3.32. The molecule has 1 fully saturated rings. The van der Waals surface area contributed by atoms with Crippen LogP contribution in [0.4, 0.5) is 5.82 Å². The highest BCUT2D eigenvalue weighted by molar-refractivity contribution is 9.10. The van der Waals surface area contributed by atoms with Gasteiger partial charge in [0, 0.05) is 11.1 Å². The van der Waals surface area contributed by atoms with Crippen LogP contribution in [0.15, 0.2) is 38.5 Å². The zero-order valence-electron chi connectivity index (χ0n) is 15.1. The fraction of sp³-hybridized carbons (Fsp3) is 0.474. The van der Waals surface area contributed by atoms with Crippen molar-refractivity contribution in [1.82, 2.24) is 9.78 Å². The van der Waals surface area contributed by atoms with Crippen molar-refractivity contribution in [2.24, 2.45) is 4.99 Å². The van der Waals surface area contributed by atoms with Gasteiger partial charge in [0.15, 0.2) is 5.82 Å². The topological polar surface area (TPSA) is 59.4 Å². The Hall–Kier alpha value is -1.31. The number of rotatable bonds is 2. The number of thioether (sulfide) groups is 1. The van der Waals surface area contributed by atoms with Crippen LogP contribution in [0.5, 0.6) is 0 Å². The molecule has 0 aliphatic carbocycles. The normalized spacial score (nSPS) is 24.8. The van der Waals surface area contributed by atoms with E-state index in [2.05, 4.69) is 47.0 Å². The molecule has 1 aromatic carbocycles. The number of aromatic nitrogens is 2. The Morgan fingerprint density at radius 2 is 2.23 bits per heavy atom. The summed E-state index contributed by atoms with van der Waals surface area (Å²) in [6.07, 6.45) is 1.73. The summed E-state index contributed by atoms with van der Waals surface area (Å²) in [4.78, 5) is 17.6. The molecule has 2 aromatic rings. The molecule has 1 aromatic heterocycles. The van der Waals surface area contributed by atoms with Crippen molar-refractivity contribution in [3.8, 4) is 0 Å². The second-order valence-electron chi connectivity index (χ2n) is 7.49.